The summed E-state index contributed by atoms with van der Waals surface area (Å²) in [5.41, 5.74) is 3.17. The first kappa shape index (κ1) is 32.4. The van der Waals surface area contributed by atoms with E-state index in [0.29, 0.717) is 0 Å². The summed E-state index contributed by atoms with van der Waals surface area (Å²) in [4.78, 5) is 0. The minimum atomic E-state index is 0. The molecule has 0 aromatic carbocycles. The van der Waals surface area contributed by atoms with Gasteiger partial charge in [0, 0.05) is 0 Å². The first-order chi connectivity index (χ1) is 15.2. The van der Waals surface area contributed by atoms with Gasteiger partial charge in [0.25, 0.3) is 0 Å². The Balaban J connectivity index is 0.000000410. The second-order valence-electron chi connectivity index (χ2n) is 12.6. The number of hydrogen-bond acceptors (Lipinski definition) is 1. The molecule has 2 atom stereocenters. The van der Waals surface area contributed by atoms with Crippen LogP contribution < -0.4 is 6.15 Å². The molecule has 0 bridgehead atoms. The lowest BCUT2D eigenvalue weighted by Gasteiger charge is -2.22. The summed E-state index contributed by atoms with van der Waals surface area (Å²) in [5.74, 6) is 5.96. The fourth-order valence-electron chi connectivity index (χ4n) is 5.05. The van der Waals surface area contributed by atoms with Crippen molar-refractivity contribution in [2.45, 2.75) is 145 Å². The summed E-state index contributed by atoms with van der Waals surface area (Å²) in [7, 11) is 0. The molecule has 2 unspecified atom stereocenters. The van der Waals surface area contributed by atoms with Gasteiger partial charge in [0.05, 0.1) is 0 Å². The minimum absolute atomic E-state index is 0. The molecule has 0 saturated heterocycles. The largest absolute Gasteiger partial charge is 0.344 e. The van der Waals surface area contributed by atoms with Crippen LogP contribution >= 0.6 is 0 Å². The quantitative estimate of drug-likeness (QED) is 0.357. The summed E-state index contributed by atoms with van der Waals surface area (Å²) >= 11 is 0. The summed E-state index contributed by atoms with van der Waals surface area (Å²) < 4.78 is 0. The summed E-state index contributed by atoms with van der Waals surface area (Å²) in [6.45, 7) is 18.6. The molecule has 0 radical (unpaired) electrons. The van der Waals surface area contributed by atoms with Gasteiger partial charge in [0.1, 0.15) is 0 Å². The van der Waals surface area contributed by atoms with Crippen LogP contribution in [-0.2, 0) is 0 Å². The van der Waals surface area contributed by atoms with E-state index >= 15 is 0 Å². The Hall–Kier alpha value is -0.560. The molecule has 4 aliphatic carbocycles. The van der Waals surface area contributed by atoms with Crippen molar-refractivity contribution >= 4 is 0 Å². The van der Waals surface area contributed by atoms with Gasteiger partial charge in [-0.25, -0.2) is 0 Å². The van der Waals surface area contributed by atoms with Crippen LogP contribution in [0.25, 0.3) is 0 Å². The Bertz CT molecular complexity index is 447. The van der Waals surface area contributed by atoms with Crippen LogP contribution in [-0.4, -0.2) is 0 Å². The van der Waals surface area contributed by atoms with Gasteiger partial charge in [0.2, 0.25) is 0 Å². The topological polar surface area (TPSA) is 35.0 Å². The molecule has 33 heavy (non-hydrogen) atoms. The van der Waals surface area contributed by atoms with Gasteiger partial charge in [-0.3, -0.25) is 0 Å². The van der Waals surface area contributed by atoms with Crippen molar-refractivity contribution in [2.24, 2.45) is 35.5 Å². The maximum atomic E-state index is 2.37. The molecule has 3 N–H and O–H groups in total. The lowest BCUT2D eigenvalue weighted by molar-refractivity contribution is 0.308. The zero-order chi connectivity index (χ0) is 23.9. The first-order valence-corrected chi connectivity index (χ1v) is 14.5. The molecule has 0 aromatic rings. The average molecular weight is 462 g/mol. The summed E-state index contributed by atoms with van der Waals surface area (Å²) in [6.07, 6.45) is 24.6. The van der Waals surface area contributed by atoms with Crippen LogP contribution in [0.4, 0.5) is 0 Å². The third-order valence-corrected chi connectivity index (χ3v) is 8.41. The highest BCUT2D eigenvalue weighted by Crippen LogP contribution is 2.28. The standard InChI is InChI=1S/2C8H16.2C8H14.H3N/c4*1-7-3-5-8(2)6-4-7;/h2*7-8H,3-6H2,1-2H3;2*3,8H,4-6H2,1-2H3;1H3. The van der Waals surface area contributed by atoms with Crippen LogP contribution in [0.1, 0.15) is 145 Å². The van der Waals surface area contributed by atoms with Gasteiger partial charge in [0.15, 0.2) is 0 Å². The molecule has 1 heteroatoms. The van der Waals surface area contributed by atoms with Crippen LogP contribution in [0, 0.1) is 35.5 Å². The smallest absolute Gasteiger partial charge is 0.0320 e. The van der Waals surface area contributed by atoms with Crippen LogP contribution in [0.5, 0.6) is 0 Å². The van der Waals surface area contributed by atoms with Gasteiger partial charge in [-0.05, 0) is 87.9 Å². The highest BCUT2D eigenvalue weighted by molar-refractivity contribution is 5.02. The maximum absolute atomic E-state index is 2.37. The summed E-state index contributed by atoms with van der Waals surface area (Å²) in [6, 6.07) is 0. The molecule has 196 valence electrons. The molecular formula is C32H63N. The number of hydrogen-bond donors (Lipinski definition) is 1. The van der Waals surface area contributed by atoms with Crippen molar-refractivity contribution in [1.29, 1.82) is 0 Å². The Morgan fingerprint density at radius 1 is 0.424 bits per heavy atom. The Labute approximate surface area is 210 Å². The van der Waals surface area contributed by atoms with Crippen molar-refractivity contribution in [2.75, 3.05) is 0 Å². The van der Waals surface area contributed by atoms with Crippen LogP contribution in [0.3, 0.4) is 0 Å². The Morgan fingerprint density at radius 2 is 0.667 bits per heavy atom. The zero-order valence-corrected chi connectivity index (χ0v) is 24.2. The van der Waals surface area contributed by atoms with Gasteiger partial charge >= 0.3 is 0 Å². The second-order valence-corrected chi connectivity index (χ2v) is 12.6. The van der Waals surface area contributed by atoms with Crippen molar-refractivity contribution in [3.05, 3.63) is 23.3 Å². The molecule has 1 nitrogen and oxygen atoms in total. The number of rotatable bonds is 0. The average Bonchev–Trinajstić information content (AvgIpc) is 2.78. The molecule has 0 heterocycles. The van der Waals surface area contributed by atoms with E-state index in [-0.39, 0.29) is 6.15 Å². The minimum Gasteiger partial charge on any atom is -0.344 e. The molecule has 0 amide bonds. The van der Waals surface area contributed by atoms with E-state index in [1.165, 1.54) is 89.9 Å². The SMILES string of the molecule is CC1=CCC(C)CC1.CC1=CCC(C)CC1.CC1CCC(C)CC1.CC1CCC(C)CC1.N. The third kappa shape index (κ3) is 17.5. The second kappa shape index (κ2) is 18.7. The third-order valence-electron chi connectivity index (χ3n) is 8.41. The van der Waals surface area contributed by atoms with Crippen LogP contribution in [0.15, 0.2) is 23.3 Å². The molecule has 0 aromatic heterocycles. The lowest BCUT2D eigenvalue weighted by atomic mass is 9.84. The van der Waals surface area contributed by atoms with Crippen LogP contribution in [0.2, 0.25) is 0 Å². The van der Waals surface area contributed by atoms with E-state index in [1.54, 1.807) is 11.1 Å². The van der Waals surface area contributed by atoms with Gasteiger partial charge in [-0.1, -0.05) is 116 Å². The predicted molar refractivity (Wildman–Crippen MR) is 152 cm³/mol. The molecule has 2 fully saturated rings. The molecule has 2 saturated carbocycles. The van der Waals surface area contributed by atoms with E-state index < -0.39 is 0 Å². The van der Waals surface area contributed by atoms with Gasteiger partial charge < -0.3 is 6.15 Å². The van der Waals surface area contributed by atoms with E-state index in [1.807, 2.05) is 0 Å². The van der Waals surface area contributed by atoms with Crippen molar-refractivity contribution in [3.63, 3.8) is 0 Å². The van der Waals surface area contributed by atoms with E-state index in [4.69, 9.17) is 0 Å². The van der Waals surface area contributed by atoms with Gasteiger partial charge in [-0.2, -0.15) is 0 Å². The van der Waals surface area contributed by atoms with E-state index in [9.17, 15) is 0 Å². The maximum Gasteiger partial charge on any atom is -0.0320 e. The van der Waals surface area contributed by atoms with E-state index in [0.717, 1.165) is 35.5 Å². The molecule has 4 rings (SSSR count). The highest BCUT2D eigenvalue weighted by atomic mass is 14.2. The predicted octanol–water partition coefficient (Wildman–Crippen LogP) is 11.3. The van der Waals surface area contributed by atoms with E-state index in [2.05, 4.69) is 67.5 Å². The molecular weight excluding hydrogens is 398 g/mol. The fraction of sp³-hybridized carbons (Fsp3) is 0.875. The molecule has 4 aliphatic rings. The monoisotopic (exact) mass is 461 g/mol. The molecule has 0 spiro atoms. The highest BCUT2D eigenvalue weighted by Gasteiger charge is 2.14. The number of allylic oxidation sites excluding steroid dienone is 4. The lowest BCUT2D eigenvalue weighted by Crippen LogP contribution is -2.08. The van der Waals surface area contributed by atoms with Crippen molar-refractivity contribution < 1.29 is 0 Å². The van der Waals surface area contributed by atoms with Gasteiger partial charge in [-0.15, -0.1) is 0 Å². The zero-order valence-electron chi connectivity index (χ0n) is 24.2. The normalized spacial score (nSPS) is 33.7. The first-order valence-electron chi connectivity index (χ1n) is 14.5. The van der Waals surface area contributed by atoms with Crippen molar-refractivity contribution in [3.8, 4) is 0 Å². The van der Waals surface area contributed by atoms with Crippen molar-refractivity contribution in [1.82, 2.24) is 6.15 Å². The molecule has 0 aliphatic heterocycles. The Kier molecular flexibility index (Phi) is 18.4. The summed E-state index contributed by atoms with van der Waals surface area (Å²) in [5, 5.41) is 0. The Morgan fingerprint density at radius 3 is 0.818 bits per heavy atom. The fourth-order valence-corrected chi connectivity index (χ4v) is 5.05.